The Kier molecular flexibility index (Phi) is 4.41. The molecule has 0 bridgehead atoms. The second-order valence-electron chi connectivity index (χ2n) is 3.58. The molecule has 94 valence electrons. The molecule has 0 fully saturated rings. The molecule has 1 aromatic carbocycles. The smallest absolute Gasteiger partial charge is 0.155 e. The molecule has 0 radical (unpaired) electrons. The molecule has 0 spiro atoms. The van der Waals surface area contributed by atoms with Gasteiger partial charge in [-0.05, 0) is 25.1 Å². The summed E-state index contributed by atoms with van der Waals surface area (Å²) in [6.07, 6.45) is 1.06. The number of hydrogen-bond acceptors (Lipinski definition) is 4. The molecule has 7 heteroatoms. The van der Waals surface area contributed by atoms with Crippen LogP contribution in [0.5, 0.6) is 0 Å². The minimum Gasteiger partial charge on any atom is -0.411 e. The molecule has 0 aliphatic rings. The van der Waals surface area contributed by atoms with Crippen LogP contribution in [0.1, 0.15) is 12.5 Å². The monoisotopic (exact) mass is 295 g/mol. The van der Waals surface area contributed by atoms with E-state index in [1.165, 1.54) is 19.1 Å². The molecular formula is C10H11Cl2NO3S. The normalized spacial score (nSPS) is 14.7. The standard InChI is InChI=1S/C10H11Cl2NO3S/c1-6(17(2,15)16)10(13-14)8-4-3-7(11)5-9(8)12/h3-6,14H,1-2H3/b13-10+/t6-/m0/s1. The van der Waals surface area contributed by atoms with Crippen LogP contribution in [-0.4, -0.2) is 30.8 Å². The number of oxime groups is 1. The van der Waals surface area contributed by atoms with Gasteiger partial charge in [-0.1, -0.05) is 28.4 Å². The molecule has 0 saturated carbocycles. The van der Waals surface area contributed by atoms with Crippen molar-refractivity contribution in [3.63, 3.8) is 0 Å². The lowest BCUT2D eigenvalue weighted by Gasteiger charge is -2.13. The van der Waals surface area contributed by atoms with Crippen molar-refractivity contribution in [1.82, 2.24) is 0 Å². The third-order valence-corrected chi connectivity index (χ3v) is 4.40. The first-order valence-electron chi connectivity index (χ1n) is 4.63. The fourth-order valence-corrected chi connectivity index (χ4v) is 2.34. The van der Waals surface area contributed by atoms with Crippen LogP contribution in [0.25, 0.3) is 0 Å². The van der Waals surface area contributed by atoms with Gasteiger partial charge in [-0.25, -0.2) is 8.42 Å². The van der Waals surface area contributed by atoms with Gasteiger partial charge < -0.3 is 5.21 Å². The van der Waals surface area contributed by atoms with Crippen LogP contribution in [-0.2, 0) is 9.84 Å². The van der Waals surface area contributed by atoms with Gasteiger partial charge in [0, 0.05) is 16.8 Å². The summed E-state index contributed by atoms with van der Waals surface area (Å²) in [4.78, 5) is 0. The summed E-state index contributed by atoms with van der Waals surface area (Å²) >= 11 is 11.7. The van der Waals surface area contributed by atoms with Crippen molar-refractivity contribution in [2.24, 2.45) is 5.16 Å². The molecule has 0 amide bonds. The van der Waals surface area contributed by atoms with Crippen LogP contribution >= 0.6 is 23.2 Å². The summed E-state index contributed by atoms with van der Waals surface area (Å²) in [5, 5.41) is 11.7. The van der Waals surface area contributed by atoms with E-state index in [9.17, 15) is 8.42 Å². The van der Waals surface area contributed by atoms with Gasteiger partial charge >= 0.3 is 0 Å². The lowest BCUT2D eigenvalue weighted by atomic mass is 10.1. The van der Waals surface area contributed by atoms with E-state index < -0.39 is 15.1 Å². The molecule has 17 heavy (non-hydrogen) atoms. The molecule has 0 unspecified atom stereocenters. The first-order valence-corrected chi connectivity index (χ1v) is 7.34. The highest BCUT2D eigenvalue weighted by molar-refractivity contribution is 7.92. The van der Waals surface area contributed by atoms with Crippen LogP contribution in [0, 0.1) is 0 Å². The summed E-state index contributed by atoms with van der Waals surface area (Å²) in [5.74, 6) is 0. The summed E-state index contributed by atoms with van der Waals surface area (Å²) in [6.45, 7) is 1.43. The van der Waals surface area contributed by atoms with Gasteiger partial charge in [0.05, 0.1) is 5.02 Å². The molecular weight excluding hydrogens is 285 g/mol. The Morgan fingerprint density at radius 2 is 2.00 bits per heavy atom. The molecule has 1 N–H and O–H groups in total. The topological polar surface area (TPSA) is 66.7 Å². The second-order valence-corrected chi connectivity index (χ2v) is 6.79. The maximum Gasteiger partial charge on any atom is 0.155 e. The predicted octanol–water partition coefficient (Wildman–Crippen LogP) is 2.60. The van der Waals surface area contributed by atoms with Crippen LogP contribution in [0.4, 0.5) is 0 Å². The maximum absolute atomic E-state index is 11.4. The van der Waals surface area contributed by atoms with Gasteiger partial charge in [-0.3, -0.25) is 0 Å². The van der Waals surface area contributed by atoms with Crippen molar-refractivity contribution in [3.05, 3.63) is 33.8 Å². The summed E-state index contributed by atoms with van der Waals surface area (Å²) < 4.78 is 22.8. The van der Waals surface area contributed by atoms with Crippen molar-refractivity contribution in [1.29, 1.82) is 0 Å². The van der Waals surface area contributed by atoms with E-state index in [1.807, 2.05) is 0 Å². The summed E-state index contributed by atoms with van der Waals surface area (Å²) in [5.41, 5.74) is 0.339. The van der Waals surface area contributed by atoms with Gasteiger partial charge in [-0.15, -0.1) is 0 Å². The van der Waals surface area contributed by atoms with E-state index in [4.69, 9.17) is 28.4 Å². The Morgan fingerprint density at radius 3 is 2.41 bits per heavy atom. The van der Waals surface area contributed by atoms with Gasteiger partial charge in [0.25, 0.3) is 0 Å². The molecule has 0 aliphatic heterocycles. The zero-order valence-corrected chi connectivity index (χ0v) is 11.5. The van der Waals surface area contributed by atoms with Gasteiger partial charge in [-0.2, -0.15) is 0 Å². The minimum absolute atomic E-state index is 0.00540. The average molecular weight is 296 g/mol. The van der Waals surface area contributed by atoms with E-state index in [0.29, 0.717) is 10.6 Å². The summed E-state index contributed by atoms with van der Waals surface area (Å²) in [7, 11) is -3.37. The molecule has 4 nitrogen and oxygen atoms in total. The second kappa shape index (κ2) is 5.25. The lowest BCUT2D eigenvalue weighted by Crippen LogP contribution is -2.27. The van der Waals surface area contributed by atoms with E-state index in [0.717, 1.165) is 6.26 Å². The highest BCUT2D eigenvalue weighted by Gasteiger charge is 2.25. The fraction of sp³-hybridized carbons (Fsp3) is 0.300. The van der Waals surface area contributed by atoms with Crippen molar-refractivity contribution in [2.45, 2.75) is 12.2 Å². The number of benzene rings is 1. The van der Waals surface area contributed by atoms with E-state index in [1.54, 1.807) is 6.07 Å². The largest absolute Gasteiger partial charge is 0.411 e. The third-order valence-electron chi connectivity index (χ3n) is 2.34. The highest BCUT2D eigenvalue weighted by atomic mass is 35.5. The van der Waals surface area contributed by atoms with Crippen molar-refractivity contribution >= 4 is 38.8 Å². The Morgan fingerprint density at radius 1 is 1.41 bits per heavy atom. The zero-order valence-electron chi connectivity index (χ0n) is 9.18. The van der Waals surface area contributed by atoms with E-state index in [2.05, 4.69) is 5.16 Å². The van der Waals surface area contributed by atoms with E-state index in [-0.39, 0.29) is 10.7 Å². The van der Waals surface area contributed by atoms with Gasteiger partial charge in [0.2, 0.25) is 0 Å². The van der Waals surface area contributed by atoms with Crippen molar-refractivity contribution in [2.75, 3.05) is 6.26 Å². The number of hydrogen-bond donors (Lipinski definition) is 1. The van der Waals surface area contributed by atoms with Crippen LogP contribution in [0.3, 0.4) is 0 Å². The molecule has 1 atom stereocenters. The van der Waals surface area contributed by atoms with Crippen molar-refractivity contribution in [3.8, 4) is 0 Å². The van der Waals surface area contributed by atoms with Crippen LogP contribution in [0.15, 0.2) is 23.4 Å². The molecule has 0 saturated heterocycles. The number of nitrogens with zero attached hydrogens (tertiary/aromatic N) is 1. The lowest BCUT2D eigenvalue weighted by molar-refractivity contribution is 0.318. The Bertz CT molecular complexity index is 555. The van der Waals surface area contributed by atoms with Crippen LogP contribution < -0.4 is 0 Å². The minimum atomic E-state index is -3.37. The van der Waals surface area contributed by atoms with Gasteiger partial charge in [0.1, 0.15) is 11.0 Å². The zero-order chi connectivity index (χ0) is 13.2. The fourth-order valence-electron chi connectivity index (χ4n) is 1.25. The molecule has 1 rings (SSSR count). The van der Waals surface area contributed by atoms with Gasteiger partial charge in [0.15, 0.2) is 9.84 Å². The SMILES string of the molecule is C[C@@H](/C(=N\O)c1ccc(Cl)cc1Cl)S(C)(=O)=O. The molecule has 0 aliphatic carbocycles. The average Bonchev–Trinajstić information content (AvgIpc) is 2.20. The maximum atomic E-state index is 11.4. The predicted molar refractivity (Wildman–Crippen MR) is 69.1 cm³/mol. The first-order chi connectivity index (χ1) is 7.77. The molecule has 1 aromatic rings. The van der Waals surface area contributed by atoms with Crippen LogP contribution in [0.2, 0.25) is 10.0 Å². The Hall–Kier alpha value is -0.780. The first kappa shape index (κ1) is 14.3. The molecule has 0 aromatic heterocycles. The number of rotatable bonds is 3. The Balaban J connectivity index is 3.30. The number of sulfone groups is 1. The number of halogens is 2. The third kappa shape index (κ3) is 3.34. The van der Waals surface area contributed by atoms with E-state index >= 15 is 0 Å². The highest BCUT2D eigenvalue weighted by Crippen LogP contribution is 2.23. The Labute approximate surface area is 110 Å². The quantitative estimate of drug-likeness (QED) is 0.529. The summed E-state index contributed by atoms with van der Waals surface area (Å²) in [6, 6.07) is 4.52. The van der Waals surface area contributed by atoms with Crippen molar-refractivity contribution < 1.29 is 13.6 Å². The molecule has 0 heterocycles.